The standard InChI is InChI=1S/C12H16O/c1-5-11-7-12(10(4)13)9(3)6-8(11)2/h6-7H,5H2,1-4H3. The van der Waals surface area contributed by atoms with Crippen molar-refractivity contribution >= 4 is 5.78 Å². The van der Waals surface area contributed by atoms with Crippen molar-refractivity contribution < 1.29 is 4.79 Å². The summed E-state index contributed by atoms with van der Waals surface area (Å²) in [5.74, 6) is 0.159. The van der Waals surface area contributed by atoms with Gasteiger partial charge in [0, 0.05) is 5.56 Å². The van der Waals surface area contributed by atoms with Crippen LogP contribution in [-0.2, 0) is 6.42 Å². The number of ketones is 1. The number of rotatable bonds is 2. The first-order valence-corrected chi connectivity index (χ1v) is 4.67. The molecule has 0 fully saturated rings. The monoisotopic (exact) mass is 176 g/mol. The largest absolute Gasteiger partial charge is 0.295 e. The molecule has 1 heteroatoms. The second-order valence-electron chi connectivity index (χ2n) is 3.50. The van der Waals surface area contributed by atoms with Gasteiger partial charge in [-0.25, -0.2) is 0 Å². The van der Waals surface area contributed by atoms with Gasteiger partial charge in [-0.05, 0) is 49.9 Å². The Morgan fingerprint density at radius 2 is 1.85 bits per heavy atom. The second kappa shape index (κ2) is 3.73. The Hall–Kier alpha value is -1.11. The maximum Gasteiger partial charge on any atom is 0.160 e. The van der Waals surface area contributed by atoms with E-state index in [1.54, 1.807) is 6.92 Å². The second-order valence-corrected chi connectivity index (χ2v) is 3.50. The zero-order valence-corrected chi connectivity index (χ0v) is 8.77. The smallest absolute Gasteiger partial charge is 0.160 e. The number of carbonyl (C=O) groups excluding carboxylic acids is 1. The summed E-state index contributed by atoms with van der Waals surface area (Å²) in [6.45, 7) is 7.82. The van der Waals surface area contributed by atoms with Crippen LogP contribution in [0, 0.1) is 13.8 Å². The summed E-state index contributed by atoms with van der Waals surface area (Å²) in [5, 5.41) is 0. The van der Waals surface area contributed by atoms with Crippen LogP contribution in [0.4, 0.5) is 0 Å². The summed E-state index contributed by atoms with van der Waals surface area (Å²) in [7, 11) is 0. The molecule has 1 nitrogen and oxygen atoms in total. The molecule has 0 aliphatic heterocycles. The number of aryl methyl sites for hydroxylation is 3. The topological polar surface area (TPSA) is 17.1 Å². The third-order valence-corrected chi connectivity index (χ3v) is 2.44. The zero-order chi connectivity index (χ0) is 10.0. The van der Waals surface area contributed by atoms with Crippen molar-refractivity contribution in [2.45, 2.75) is 34.1 Å². The van der Waals surface area contributed by atoms with Crippen LogP contribution >= 0.6 is 0 Å². The maximum atomic E-state index is 11.2. The number of hydrogen-bond acceptors (Lipinski definition) is 1. The quantitative estimate of drug-likeness (QED) is 0.633. The molecule has 0 bridgehead atoms. The number of Topliss-reactive ketones (excluding diaryl/α,β-unsaturated/α-hetero) is 1. The number of benzene rings is 1. The van der Waals surface area contributed by atoms with Crippen LogP contribution in [0.1, 0.15) is 40.9 Å². The van der Waals surface area contributed by atoms with Gasteiger partial charge >= 0.3 is 0 Å². The third-order valence-electron chi connectivity index (χ3n) is 2.44. The Labute approximate surface area is 79.8 Å². The van der Waals surface area contributed by atoms with E-state index in [0.29, 0.717) is 0 Å². The molecule has 0 aliphatic rings. The van der Waals surface area contributed by atoms with Crippen LogP contribution < -0.4 is 0 Å². The van der Waals surface area contributed by atoms with Crippen LogP contribution in [0.25, 0.3) is 0 Å². The van der Waals surface area contributed by atoms with Crippen LogP contribution in [0.5, 0.6) is 0 Å². The van der Waals surface area contributed by atoms with Gasteiger partial charge in [-0.15, -0.1) is 0 Å². The Morgan fingerprint density at radius 3 is 2.31 bits per heavy atom. The van der Waals surface area contributed by atoms with Gasteiger partial charge in [0.1, 0.15) is 0 Å². The summed E-state index contributed by atoms with van der Waals surface area (Å²) in [6.07, 6.45) is 0.992. The van der Waals surface area contributed by atoms with Crippen molar-refractivity contribution in [3.63, 3.8) is 0 Å². The number of carbonyl (C=O) groups is 1. The maximum absolute atomic E-state index is 11.2. The van der Waals surface area contributed by atoms with E-state index in [9.17, 15) is 4.79 Å². The van der Waals surface area contributed by atoms with E-state index in [1.165, 1.54) is 11.1 Å². The summed E-state index contributed by atoms with van der Waals surface area (Å²) in [4.78, 5) is 11.2. The molecule has 0 spiro atoms. The summed E-state index contributed by atoms with van der Waals surface area (Å²) in [6, 6.07) is 4.11. The van der Waals surface area contributed by atoms with Gasteiger partial charge in [0.05, 0.1) is 0 Å². The highest BCUT2D eigenvalue weighted by Crippen LogP contribution is 2.16. The van der Waals surface area contributed by atoms with Gasteiger partial charge in [-0.1, -0.05) is 13.0 Å². The molecule has 0 aromatic heterocycles. The van der Waals surface area contributed by atoms with Crippen LogP contribution in [0.15, 0.2) is 12.1 Å². The van der Waals surface area contributed by atoms with Crippen LogP contribution in [0.2, 0.25) is 0 Å². The highest BCUT2D eigenvalue weighted by Gasteiger charge is 2.06. The molecule has 0 saturated heterocycles. The molecule has 0 amide bonds. The lowest BCUT2D eigenvalue weighted by Crippen LogP contribution is -1.99. The van der Waals surface area contributed by atoms with E-state index in [2.05, 4.69) is 19.9 Å². The molecular weight excluding hydrogens is 160 g/mol. The summed E-state index contributed by atoms with van der Waals surface area (Å²) >= 11 is 0. The van der Waals surface area contributed by atoms with Gasteiger partial charge < -0.3 is 0 Å². The van der Waals surface area contributed by atoms with Gasteiger partial charge in [-0.3, -0.25) is 4.79 Å². The van der Waals surface area contributed by atoms with Gasteiger partial charge in [0.2, 0.25) is 0 Å². The SMILES string of the molecule is CCc1cc(C(C)=O)c(C)cc1C. The fourth-order valence-corrected chi connectivity index (χ4v) is 1.66. The molecule has 1 aromatic carbocycles. The van der Waals surface area contributed by atoms with Gasteiger partial charge in [0.25, 0.3) is 0 Å². The Morgan fingerprint density at radius 1 is 1.23 bits per heavy atom. The molecule has 0 atom stereocenters. The van der Waals surface area contributed by atoms with E-state index in [-0.39, 0.29) is 5.78 Å². The molecule has 0 N–H and O–H groups in total. The average Bonchev–Trinajstić information content (AvgIpc) is 2.03. The fraction of sp³-hybridized carbons (Fsp3) is 0.417. The Bertz CT molecular complexity index is 337. The van der Waals surface area contributed by atoms with Crippen molar-refractivity contribution in [2.24, 2.45) is 0 Å². The molecule has 70 valence electrons. The normalized spacial score (nSPS) is 10.2. The molecule has 1 aromatic rings. The van der Waals surface area contributed by atoms with Crippen molar-refractivity contribution in [1.82, 2.24) is 0 Å². The van der Waals surface area contributed by atoms with Crippen molar-refractivity contribution in [3.8, 4) is 0 Å². The van der Waals surface area contributed by atoms with Crippen molar-refractivity contribution in [1.29, 1.82) is 0 Å². The minimum Gasteiger partial charge on any atom is -0.295 e. The third kappa shape index (κ3) is 1.97. The highest BCUT2D eigenvalue weighted by atomic mass is 16.1. The van der Waals surface area contributed by atoms with Crippen LogP contribution in [0.3, 0.4) is 0 Å². The zero-order valence-electron chi connectivity index (χ0n) is 8.77. The summed E-state index contributed by atoms with van der Waals surface area (Å²) in [5.41, 5.74) is 4.51. The van der Waals surface area contributed by atoms with Crippen LogP contribution in [-0.4, -0.2) is 5.78 Å². The van der Waals surface area contributed by atoms with Crippen molar-refractivity contribution in [3.05, 3.63) is 34.4 Å². The molecule has 13 heavy (non-hydrogen) atoms. The van der Waals surface area contributed by atoms with E-state index in [0.717, 1.165) is 17.5 Å². The van der Waals surface area contributed by atoms with E-state index in [1.807, 2.05) is 13.0 Å². The van der Waals surface area contributed by atoms with Gasteiger partial charge in [0.15, 0.2) is 5.78 Å². The molecule has 0 aliphatic carbocycles. The Kier molecular flexibility index (Phi) is 2.86. The van der Waals surface area contributed by atoms with E-state index >= 15 is 0 Å². The predicted octanol–water partition coefficient (Wildman–Crippen LogP) is 3.07. The summed E-state index contributed by atoms with van der Waals surface area (Å²) < 4.78 is 0. The fourth-order valence-electron chi connectivity index (χ4n) is 1.66. The lowest BCUT2D eigenvalue weighted by molar-refractivity contribution is 0.101. The minimum atomic E-state index is 0.159. The van der Waals surface area contributed by atoms with Gasteiger partial charge in [-0.2, -0.15) is 0 Å². The first-order valence-electron chi connectivity index (χ1n) is 4.67. The molecule has 0 heterocycles. The molecule has 0 saturated carbocycles. The average molecular weight is 176 g/mol. The Balaban J connectivity index is 3.30. The lowest BCUT2D eigenvalue weighted by atomic mass is 9.97. The first-order chi connectivity index (χ1) is 6.06. The molecular formula is C12H16O. The number of hydrogen-bond donors (Lipinski definition) is 0. The van der Waals surface area contributed by atoms with Crippen molar-refractivity contribution in [2.75, 3.05) is 0 Å². The minimum absolute atomic E-state index is 0.159. The van der Waals surface area contributed by atoms with E-state index in [4.69, 9.17) is 0 Å². The lowest BCUT2D eigenvalue weighted by Gasteiger charge is -2.08. The van der Waals surface area contributed by atoms with E-state index < -0.39 is 0 Å². The molecule has 1 rings (SSSR count). The first kappa shape index (κ1) is 9.97. The molecule has 0 radical (unpaired) electrons. The predicted molar refractivity (Wildman–Crippen MR) is 55.3 cm³/mol. The highest BCUT2D eigenvalue weighted by molar-refractivity contribution is 5.95. The molecule has 0 unspecified atom stereocenters.